The third-order valence-electron chi connectivity index (χ3n) is 3.81. The number of rotatable bonds is 2. The zero-order valence-electron chi connectivity index (χ0n) is 12.9. The predicted octanol–water partition coefficient (Wildman–Crippen LogP) is 5.62. The van der Waals surface area contributed by atoms with Gasteiger partial charge in [-0.05, 0) is 25.1 Å². The van der Waals surface area contributed by atoms with Gasteiger partial charge in [-0.25, -0.2) is 0 Å². The maximum atomic E-state index is 12.8. The molecule has 1 aliphatic carbocycles. The lowest BCUT2D eigenvalue weighted by atomic mass is 10.1. The monoisotopic (exact) mass is 365 g/mol. The fourth-order valence-electron chi connectivity index (χ4n) is 2.61. The largest absolute Gasteiger partial charge is 0.506 e. The Balaban J connectivity index is 2.07. The molecule has 128 valence electrons. The maximum Gasteiger partial charge on any atom is 0.416 e. The second-order valence-corrected chi connectivity index (χ2v) is 5.87. The van der Waals surface area contributed by atoms with Crippen LogP contribution in [0.25, 0.3) is 5.76 Å². The number of ketones is 1. The molecule has 3 rings (SSSR count). The van der Waals surface area contributed by atoms with Crippen molar-refractivity contribution >= 4 is 34.5 Å². The summed E-state index contributed by atoms with van der Waals surface area (Å²) in [5, 5.41) is 10.3. The lowest BCUT2D eigenvalue weighted by Crippen LogP contribution is -2.08. The summed E-state index contributed by atoms with van der Waals surface area (Å²) in [6.07, 6.45) is -4.54. The number of carbonyl (C=O) groups is 1. The number of allylic oxidation sites excluding steroid dienone is 1. The molecular formula is C18H11ClF3NO2. The van der Waals surface area contributed by atoms with Gasteiger partial charge in [0.05, 0.1) is 27.6 Å². The second kappa shape index (κ2) is 6.04. The van der Waals surface area contributed by atoms with Gasteiger partial charge in [0.1, 0.15) is 5.76 Å². The first-order valence-corrected chi connectivity index (χ1v) is 7.57. The third kappa shape index (κ3) is 3.05. The summed E-state index contributed by atoms with van der Waals surface area (Å²) in [7, 11) is 0. The fraction of sp³-hybridized carbons (Fsp3) is 0.111. The lowest BCUT2D eigenvalue weighted by molar-refractivity contribution is -0.137. The highest BCUT2D eigenvalue weighted by Gasteiger charge is 2.32. The topological polar surface area (TPSA) is 49.7 Å². The average Bonchev–Trinajstić information content (AvgIpc) is 2.80. The van der Waals surface area contributed by atoms with Gasteiger partial charge in [-0.1, -0.05) is 35.9 Å². The van der Waals surface area contributed by atoms with Crippen LogP contribution in [0.3, 0.4) is 0 Å². The number of aliphatic hydroxyl groups excluding tert-OH is 1. The van der Waals surface area contributed by atoms with Crippen LogP contribution in [0.4, 0.5) is 18.9 Å². The number of halogens is 4. The van der Waals surface area contributed by atoms with Crippen molar-refractivity contribution in [3.8, 4) is 0 Å². The van der Waals surface area contributed by atoms with Crippen LogP contribution in [0.2, 0.25) is 5.02 Å². The van der Waals surface area contributed by atoms with E-state index < -0.39 is 17.5 Å². The van der Waals surface area contributed by atoms with Gasteiger partial charge in [0.15, 0.2) is 5.78 Å². The average molecular weight is 366 g/mol. The van der Waals surface area contributed by atoms with Crippen molar-refractivity contribution in [1.29, 1.82) is 0 Å². The molecule has 0 saturated carbocycles. The van der Waals surface area contributed by atoms with Crippen LogP contribution in [-0.2, 0) is 6.18 Å². The summed E-state index contributed by atoms with van der Waals surface area (Å²) < 4.78 is 38.5. The highest BCUT2D eigenvalue weighted by molar-refractivity contribution is 6.36. The van der Waals surface area contributed by atoms with E-state index >= 15 is 0 Å². The molecule has 0 saturated heterocycles. The molecule has 7 heteroatoms. The second-order valence-electron chi connectivity index (χ2n) is 5.46. The van der Waals surface area contributed by atoms with E-state index in [0.717, 1.165) is 18.2 Å². The van der Waals surface area contributed by atoms with E-state index in [9.17, 15) is 23.1 Å². The molecule has 0 amide bonds. The molecule has 0 atom stereocenters. The fourth-order valence-corrected chi connectivity index (χ4v) is 2.77. The summed E-state index contributed by atoms with van der Waals surface area (Å²) in [5.41, 5.74) is -0.304. The number of benzene rings is 2. The molecule has 0 fully saturated rings. The molecule has 25 heavy (non-hydrogen) atoms. The van der Waals surface area contributed by atoms with Crippen LogP contribution in [0, 0.1) is 0 Å². The highest BCUT2D eigenvalue weighted by Crippen LogP contribution is 2.37. The number of aliphatic imine (C=N–C) groups is 1. The SMILES string of the molecule is CC(=Nc1cc(C(F)(F)F)ccc1Cl)C1=C(O)c2ccccc2C1=O. The molecule has 2 aromatic rings. The zero-order valence-corrected chi connectivity index (χ0v) is 13.6. The maximum absolute atomic E-state index is 12.8. The van der Waals surface area contributed by atoms with E-state index in [4.69, 9.17) is 11.6 Å². The summed E-state index contributed by atoms with van der Waals surface area (Å²) in [6.45, 7) is 1.44. The van der Waals surface area contributed by atoms with E-state index in [-0.39, 0.29) is 27.8 Å². The first-order chi connectivity index (χ1) is 11.7. The summed E-state index contributed by atoms with van der Waals surface area (Å²) in [4.78, 5) is 16.5. The smallest absolute Gasteiger partial charge is 0.416 e. The van der Waals surface area contributed by atoms with Crippen LogP contribution in [0.5, 0.6) is 0 Å². The Morgan fingerprint density at radius 3 is 2.36 bits per heavy atom. The van der Waals surface area contributed by atoms with Crippen LogP contribution >= 0.6 is 11.6 Å². The number of alkyl halides is 3. The molecule has 3 nitrogen and oxygen atoms in total. The van der Waals surface area contributed by atoms with Crippen molar-refractivity contribution < 1.29 is 23.1 Å². The van der Waals surface area contributed by atoms with Gasteiger partial charge in [0, 0.05) is 11.1 Å². The van der Waals surface area contributed by atoms with E-state index in [1.165, 1.54) is 6.92 Å². The number of hydrogen-bond acceptors (Lipinski definition) is 3. The van der Waals surface area contributed by atoms with Gasteiger partial charge in [0.2, 0.25) is 0 Å². The molecular weight excluding hydrogens is 355 g/mol. The van der Waals surface area contributed by atoms with Gasteiger partial charge in [-0.3, -0.25) is 9.79 Å². The Kier molecular flexibility index (Phi) is 4.16. The molecule has 1 N–H and O–H groups in total. The number of aliphatic hydroxyl groups is 1. The van der Waals surface area contributed by atoms with Gasteiger partial charge >= 0.3 is 6.18 Å². The third-order valence-corrected chi connectivity index (χ3v) is 4.13. The summed E-state index contributed by atoms with van der Waals surface area (Å²) in [6, 6.07) is 9.21. The number of fused-ring (bicyclic) bond motifs is 1. The molecule has 0 unspecified atom stereocenters. The first kappa shape index (κ1) is 17.2. The van der Waals surface area contributed by atoms with E-state index in [1.54, 1.807) is 24.3 Å². The summed E-state index contributed by atoms with van der Waals surface area (Å²) >= 11 is 5.92. The van der Waals surface area contributed by atoms with Gasteiger partial charge < -0.3 is 5.11 Å². The van der Waals surface area contributed by atoms with Crippen molar-refractivity contribution in [2.24, 2.45) is 4.99 Å². The highest BCUT2D eigenvalue weighted by atomic mass is 35.5. The standard InChI is InChI=1S/C18H11ClF3NO2/c1-9(15-16(24)11-4-2-3-5-12(11)17(15)25)23-14-8-10(18(20,21)22)6-7-13(14)19/h2-8,24H,1H3. The minimum atomic E-state index is -4.54. The van der Waals surface area contributed by atoms with Crippen LogP contribution in [0.15, 0.2) is 53.0 Å². The summed E-state index contributed by atoms with van der Waals surface area (Å²) in [5.74, 6) is -0.678. The molecule has 0 radical (unpaired) electrons. The Hall–Kier alpha value is -2.60. The van der Waals surface area contributed by atoms with Crippen molar-refractivity contribution in [3.05, 3.63) is 69.8 Å². The Labute approximate surface area is 146 Å². The van der Waals surface area contributed by atoms with Gasteiger partial charge in [0.25, 0.3) is 0 Å². The number of hydrogen-bond donors (Lipinski definition) is 1. The van der Waals surface area contributed by atoms with Gasteiger partial charge in [-0.2, -0.15) is 13.2 Å². The van der Waals surface area contributed by atoms with Crippen molar-refractivity contribution in [2.75, 3.05) is 0 Å². The van der Waals surface area contributed by atoms with E-state index in [0.29, 0.717) is 11.1 Å². The van der Waals surface area contributed by atoms with Crippen LogP contribution in [0.1, 0.15) is 28.4 Å². The van der Waals surface area contributed by atoms with Crippen molar-refractivity contribution in [1.82, 2.24) is 0 Å². The Bertz CT molecular complexity index is 946. The Morgan fingerprint density at radius 2 is 1.76 bits per heavy atom. The van der Waals surface area contributed by atoms with Crippen molar-refractivity contribution in [2.45, 2.75) is 13.1 Å². The lowest BCUT2D eigenvalue weighted by Gasteiger charge is -2.09. The van der Waals surface area contributed by atoms with Crippen LogP contribution in [-0.4, -0.2) is 16.6 Å². The quantitative estimate of drug-likeness (QED) is 0.702. The molecule has 1 aliphatic rings. The molecule has 0 aliphatic heterocycles. The minimum absolute atomic E-state index is 0.00963. The molecule has 2 aromatic carbocycles. The predicted molar refractivity (Wildman–Crippen MR) is 89.5 cm³/mol. The van der Waals surface area contributed by atoms with Gasteiger partial charge in [-0.15, -0.1) is 0 Å². The zero-order chi connectivity index (χ0) is 18.4. The number of Topliss-reactive ketones (excluding diaryl/α,β-unsaturated/α-hetero) is 1. The molecule has 0 spiro atoms. The molecule has 0 aromatic heterocycles. The number of nitrogens with zero attached hydrogens (tertiary/aromatic N) is 1. The first-order valence-electron chi connectivity index (χ1n) is 7.20. The van der Waals surface area contributed by atoms with Crippen molar-refractivity contribution in [3.63, 3.8) is 0 Å². The van der Waals surface area contributed by atoms with Crippen LogP contribution < -0.4 is 0 Å². The molecule has 0 heterocycles. The Morgan fingerprint density at radius 1 is 1.12 bits per heavy atom. The normalized spacial score (nSPS) is 14.9. The minimum Gasteiger partial charge on any atom is -0.506 e. The number of carbonyl (C=O) groups excluding carboxylic acids is 1. The van der Waals surface area contributed by atoms with E-state index in [2.05, 4.69) is 4.99 Å². The van der Waals surface area contributed by atoms with E-state index in [1.807, 2.05) is 0 Å². The molecule has 0 bridgehead atoms.